The molecule has 19 heavy (non-hydrogen) atoms. The van der Waals surface area contributed by atoms with E-state index in [0.29, 0.717) is 0 Å². The van der Waals surface area contributed by atoms with Gasteiger partial charge in [-0.05, 0) is 30.2 Å². The largest absolute Gasteiger partial charge is 0.435 e. The first-order chi connectivity index (χ1) is 9.06. The van der Waals surface area contributed by atoms with Gasteiger partial charge in [0, 0.05) is 0 Å². The van der Waals surface area contributed by atoms with Gasteiger partial charge >= 0.3 is 6.61 Å². The van der Waals surface area contributed by atoms with Crippen molar-refractivity contribution < 1.29 is 13.5 Å². The van der Waals surface area contributed by atoms with Gasteiger partial charge in [0.25, 0.3) is 0 Å². The third-order valence-electron chi connectivity index (χ3n) is 2.75. The summed E-state index contributed by atoms with van der Waals surface area (Å²) in [4.78, 5) is -0.0469. The van der Waals surface area contributed by atoms with Crippen molar-refractivity contribution in [2.45, 2.75) is 18.4 Å². The minimum Gasteiger partial charge on any atom is -0.435 e. The Bertz CT molecular complexity index is 540. The summed E-state index contributed by atoms with van der Waals surface area (Å²) in [7, 11) is 0. The fourth-order valence-corrected chi connectivity index (χ4v) is 2.37. The van der Waals surface area contributed by atoms with Gasteiger partial charge in [0.1, 0.15) is 5.75 Å². The van der Waals surface area contributed by atoms with Crippen LogP contribution in [0.1, 0.15) is 21.5 Å². The van der Waals surface area contributed by atoms with Crippen LogP contribution in [-0.4, -0.2) is 6.61 Å². The number of benzene rings is 2. The van der Waals surface area contributed by atoms with E-state index in [1.54, 1.807) is 12.1 Å². The molecule has 0 aliphatic carbocycles. The van der Waals surface area contributed by atoms with Gasteiger partial charge in [0.2, 0.25) is 0 Å². The van der Waals surface area contributed by atoms with Crippen molar-refractivity contribution in [1.82, 2.24) is 0 Å². The second kappa shape index (κ2) is 6.15. The van der Waals surface area contributed by atoms with Crippen LogP contribution >= 0.6 is 15.9 Å². The molecule has 100 valence electrons. The summed E-state index contributed by atoms with van der Waals surface area (Å²) in [5.74, 6) is 0.170. The lowest BCUT2D eigenvalue weighted by atomic mass is 10.0. The van der Waals surface area contributed by atoms with Crippen LogP contribution in [-0.2, 0) is 0 Å². The molecule has 2 rings (SSSR count). The summed E-state index contributed by atoms with van der Waals surface area (Å²) >= 11 is 3.58. The predicted molar refractivity (Wildman–Crippen MR) is 75.0 cm³/mol. The number of ether oxygens (including phenoxy) is 1. The maximum atomic E-state index is 12.2. The number of hydrogen-bond donors (Lipinski definition) is 0. The molecule has 0 saturated heterocycles. The molecule has 0 spiro atoms. The molecule has 4 heteroatoms. The standard InChI is InChI=1S/C15H13BrF2O/c1-10-5-7-11(8-6-10)14(16)12-3-2-4-13(9-12)19-15(17)18/h2-9,14-15H,1H3. The van der Waals surface area contributed by atoms with Crippen molar-refractivity contribution in [2.75, 3.05) is 0 Å². The fraction of sp³-hybridized carbons (Fsp3) is 0.200. The minimum absolute atomic E-state index is 0.0469. The number of hydrogen-bond acceptors (Lipinski definition) is 1. The van der Waals surface area contributed by atoms with E-state index < -0.39 is 6.61 Å². The summed E-state index contributed by atoms with van der Waals surface area (Å²) in [6.45, 7) is -0.784. The Morgan fingerprint density at radius 3 is 2.32 bits per heavy atom. The van der Waals surface area contributed by atoms with Gasteiger partial charge in [-0.25, -0.2) is 0 Å². The van der Waals surface area contributed by atoms with E-state index in [-0.39, 0.29) is 10.6 Å². The van der Waals surface area contributed by atoms with E-state index in [9.17, 15) is 8.78 Å². The molecule has 0 saturated carbocycles. The molecular weight excluding hydrogens is 314 g/mol. The number of halogens is 3. The van der Waals surface area contributed by atoms with E-state index in [4.69, 9.17) is 0 Å². The van der Waals surface area contributed by atoms with Crippen LogP contribution in [0.15, 0.2) is 48.5 Å². The Morgan fingerprint density at radius 2 is 1.68 bits per heavy atom. The molecule has 2 aromatic rings. The second-order valence-corrected chi connectivity index (χ2v) is 5.14. The molecular formula is C15H13BrF2O. The summed E-state index contributed by atoms with van der Waals surface area (Å²) in [6.07, 6.45) is 0. The molecule has 0 aliphatic heterocycles. The van der Waals surface area contributed by atoms with Crippen LogP contribution in [0, 0.1) is 6.92 Å². The average molecular weight is 327 g/mol. The first kappa shape index (κ1) is 14.0. The van der Waals surface area contributed by atoms with E-state index in [2.05, 4.69) is 20.7 Å². The van der Waals surface area contributed by atoms with Crippen LogP contribution in [0.5, 0.6) is 5.75 Å². The van der Waals surface area contributed by atoms with Gasteiger partial charge < -0.3 is 4.74 Å². The maximum Gasteiger partial charge on any atom is 0.387 e. The highest BCUT2D eigenvalue weighted by atomic mass is 79.9. The quantitative estimate of drug-likeness (QED) is 0.712. The Kier molecular flexibility index (Phi) is 4.53. The number of rotatable bonds is 4. The Balaban J connectivity index is 2.23. The lowest BCUT2D eigenvalue weighted by molar-refractivity contribution is -0.0498. The van der Waals surface area contributed by atoms with Gasteiger partial charge in [-0.2, -0.15) is 8.78 Å². The van der Waals surface area contributed by atoms with E-state index in [1.807, 2.05) is 37.3 Å². The molecule has 0 fully saturated rings. The Labute approximate surface area is 119 Å². The SMILES string of the molecule is Cc1ccc(C(Br)c2cccc(OC(F)F)c2)cc1. The predicted octanol–water partition coefficient (Wildman–Crippen LogP) is 5.08. The van der Waals surface area contributed by atoms with E-state index in [1.165, 1.54) is 11.6 Å². The summed E-state index contributed by atoms with van der Waals surface area (Å²) in [5, 5.41) is 0. The van der Waals surface area contributed by atoms with Crippen molar-refractivity contribution >= 4 is 15.9 Å². The van der Waals surface area contributed by atoms with Gasteiger partial charge in [-0.3, -0.25) is 0 Å². The zero-order valence-corrected chi connectivity index (χ0v) is 11.9. The third-order valence-corrected chi connectivity index (χ3v) is 3.80. The summed E-state index contributed by atoms with van der Waals surface area (Å²) in [6, 6.07) is 14.8. The third kappa shape index (κ3) is 3.77. The van der Waals surface area contributed by atoms with Gasteiger partial charge in [0.15, 0.2) is 0 Å². The number of aryl methyl sites for hydroxylation is 1. The van der Waals surface area contributed by atoms with Gasteiger partial charge in [0.05, 0.1) is 4.83 Å². The molecule has 2 aromatic carbocycles. The van der Waals surface area contributed by atoms with Crippen molar-refractivity contribution in [1.29, 1.82) is 0 Å². The van der Waals surface area contributed by atoms with Crippen molar-refractivity contribution in [3.05, 3.63) is 65.2 Å². The Hall–Kier alpha value is -1.42. The topological polar surface area (TPSA) is 9.23 Å². The summed E-state index contributed by atoms with van der Waals surface area (Å²) < 4.78 is 28.8. The molecule has 1 atom stereocenters. The first-order valence-electron chi connectivity index (χ1n) is 5.81. The van der Waals surface area contributed by atoms with E-state index in [0.717, 1.165) is 11.1 Å². The maximum absolute atomic E-state index is 12.2. The smallest absolute Gasteiger partial charge is 0.387 e. The molecule has 0 heterocycles. The molecule has 0 radical (unpaired) electrons. The van der Waals surface area contributed by atoms with Crippen LogP contribution in [0.4, 0.5) is 8.78 Å². The van der Waals surface area contributed by atoms with Crippen LogP contribution in [0.2, 0.25) is 0 Å². The van der Waals surface area contributed by atoms with Crippen molar-refractivity contribution in [2.24, 2.45) is 0 Å². The van der Waals surface area contributed by atoms with E-state index >= 15 is 0 Å². The fourth-order valence-electron chi connectivity index (χ4n) is 1.78. The highest BCUT2D eigenvalue weighted by Crippen LogP contribution is 2.32. The first-order valence-corrected chi connectivity index (χ1v) is 6.73. The molecule has 0 N–H and O–H groups in total. The lowest BCUT2D eigenvalue weighted by Gasteiger charge is -2.13. The summed E-state index contributed by atoms with van der Waals surface area (Å²) in [5.41, 5.74) is 3.13. The second-order valence-electron chi connectivity index (χ2n) is 4.22. The van der Waals surface area contributed by atoms with Crippen molar-refractivity contribution in [3.63, 3.8) is 0 Å². The molecule has 0 aromatic heterocycles. The monoisotopic (exact) mass is 326 g/mol. The molecule has 1 unspecified atom stereocenters. The molecule has 0 amide bonds. The highest BCUT2D eigenvalue weighted by molar-refractivity contribution is 9.09. The normalized spacial score (nSPS) is 12.5. The zero-order valence-electron chi connectivity index (χ0n) is 10.3. The number of alkyl halides is 3. The van der Waals surface area contributed by atoms with Gasteiger partial charge in [-0.1, -0.05) is 57.9 Å². The minimum atomic E-state index is -2.80. The zero-order chi connectivity index (χ0) is 13.8. The molecule has 0 aliphatic rings. The van der Waals surface area contributed by atoms with Crippen LogP contribution in [0.25, 0.3) is 0 Å². The van der Waals surface area contributed by atoms with Crippen molar-refractivity contribution in [3.8, 4) is 5.75 Å². The van der Waals surface area contributed by atoms with Crippen LogP contribution in [0.3, 0.4) is 0 Å². The Morgan fingerprint density at radius 1 is 1.00 bits per heavy atom. The molecule has 0 bridgehead atoms. The average Bonchev–Trinajstić information content (AvgIpc) is 2.38. The highest BCUT2D eigenvalue weighted by Gasteiger charge is 2.12. The van der Waals surface area contributed by atoms with Crippen LogP contribution < -0.4 is 4.74 Å². The van der Waals surface area contributed by atoms with Gasteiger partial charge in [-0.15, -0.1) is 0 Å². The lowest BCUT2D eigenvalue weighted by Crippen LogP contribution is -2.02. The molecule has 1 nitrogen and oxygen atoms in total.